The van der Waals surface area contributed by atoms with Crippen molar-refractivity contribution in [2.45, 2.75) is 63.6 Å². The molecule has 0 unspecified atom stereocenters. The fraction of sp³-hybridized carbons (Fsp3) is 0.423. The fourth-order valence-corrected chi connectivity index (χ4v) is 5.57. The van der Waals surface area contributed by atoms with Gasteiger partial charge >= 0.3 is 6.09 Å². The highest BCUT2D eigenvalue weighted by molar-refractivity contribution is 7.91. The van der Waals surface area contributed by atoms with Gasteiger partial charge in [0, 0.05) is 11.6 Å². The second kappa shape index (κ2) is 11.7. The number of nitrogens with one attached hydrogen (secondary N) is 2. The van der Waals surface area contributed by atoms with Gasteiger partial charge in [0.15, 0.2) is 9.84 Å². The molecule has 2 aromatic rings. The van der Waals surface area contributed by atoms with E-state index in [1.54, 1.807) is 45.0 Å². The van der Waals surface area contributed by atoms with Crippen LogP contribution in [0.25, 0.3) is 0 Å². The lowest BCUT2D eigenvalue weighted by Gasteiger charge is -2.27. The number of nitrogens with zero attached hydrogens (tertiary/aromatic N) is 1. The van der Waals surface area contributed by atoms with Gasteiger partial charge in [-0.3, -0.25) is 9.59 Å². The number of fused-ring (bicyclic) bond motifs is 1. The lowest BCUT2D eigenvalue weighted by atomic mass is 10.1. The molecule has 1 atom stereocenters. The van der Waals surface area contributed by atoms with Crippen molar-refractivity contribution in [2.75, 3.05) is 17.2 Å². The minimum absolute atomic E-state index is 0.131. The first-order chi connectivity index (χ1) is 17.7. The Bertz CT molecular complexity index is 1330. The number of hydrogen-bond acceptors (Lipinski definition) is 6. The van der Waals surface area contributed by atoms with Crippen LogP contribution in [0.3, 0.4) is 0 Å². The zero-order valence-electron chi connectivity index (χ0n) is 21.6. The van der Waals surface area contributed by atoms with Gasteiger partial charge in [-0.15, -0.1) is 0 Å². The van der Waals surface area contributed by atoms with Gasteiger partial charge in [-0.25, -0.2) is 17.6 Å². The summed E-state index contributed by atoms with van der Waals surface area (Å²) >= 11 is 5.98. The van der Waals surface area contributed by atoms with Crippen LogP contribution in [-0.4, -0.2) is 50.3 Å². The number of unbranched alkanes of at least 4 members (excludes halogenated alkanes) is 1. The number of sulfone groups is 1. The van der Waals surface area contributed by atoms with E-state index in [0.29, 0.717) is 23.6 Å². The van der Waals surface area contributed by atoms with Crippen LogP contribution < -0.4 is 15.5 Å². The molecule has 1 heterocycles. The number of rotatable bonds is 7. The van der Waals surface area contributed by atoms with E-state index in [-0.39, 0.29) is 12.2 Å². The number of hydrogen-bond donors (Lipinski definition) is 2. The number of amides is 3. The summed E-state index contributed by atoms with van der Waals surface area (Å²) in [5.41, 5.74) is -0.878. The molecule has 206 valence electrons. The lowest BCUT2D eigenvalue weighted by Crippen LogP contribution is -2.51. The molecule has 0 spiro atoms. The molecule has 12 heteroatoms. The fourth-order valence-electron chi connectivity index (χ4n) is 3.83. The summed E-state index contributed by atoms with van der Waals surface area (Å²) in [7, 11) is -4.29. The highest BCUT2D eigenvalue weighted by Gasteiger charge is 2.40. The van der Waals surface area contributed by atoms with Crippen molar-refractivity contribution in [2.24, 2.45) is 0 Å². The first kappa shape index (κ1) is 29.4. The van der Waals surface area contributed by atoms with Crippen molar-refractivity contribution < 1.29 is 31.9 Å². The van der Waals surface area contributed by atoms with Crippen molar-refractivity contribution in [1.29, 1.82) is 0 Å². The molecule has 2 N–H and O–H groups in total. The molecule has 0 fully saturated rings. The Balaban J connectivity index is 2.11. The van der Waals surface area contributed by atoms with Crippen LogP contribution in [0.4, 0.5) is 14.9 Å². The van der Waals surface area contributed by atoms with Crippen molar-refractivity contribution in [1.82, 2.24) is 10.6 Å². The topological polar surface area (TPSA) is 122 Å². The van der Waals surface area contributed by atoms with Gasteiger partial charge in [0.25, 0.3) is 11.8 Å². The molecular weight excluding hydrogens is 537 g/mol. The maximum absolute atomic E-state index is 15.1. The Morgan fingerprint density at radius 1 is 1.18 bits per heavy atom. The number of alkyl carbamates (subject to hydrolysis) is 1. The summed E-state index contributed by atoms with van der Waals surface area (Å²) in [5, 5.41) is 5.40. The first-order valence-corrected chi connectivity index (χ1v) is 14.1. The highest BCUT2D eigenvalue weighted by atomic mass is 35.5. The summed E-state index contributed by atoms with van der Waals surface area (Å²) in [6.07, 6.45) is 0.498. The van der Waals surface area contributed by atoms with Crippen molar-refractivity contribution in [3.8, 4) is 0 Å². The third-order valence-electron chi connectivity index (χ3n) is 5.63. The van der Waals surface area contributed by atoms with Gasteiger partial charge in [-0.1, -0.05) is 37.1 Å². The van der Waals surface area contributed by atoms with Crippen LogP contribution in [0, 0.1) is 5.82 Å². The monoisotopic (exact) mass is 567 g/mol. The smallest absolute Gasteiger partial charge is 0.408 e. The van der Waals surface area contributed by atoms with Gasteiger partial charge < -0.3 is 20.3 Å². The number of carbonyl (C=O) groups excluding carboxylic acids is 3. The van der Waals surface area contributed by atoms with E-state index in [1.807, 2.05) is 6.92 Å². The molecule has 0 radical (unpaired) electrons. The third-order valence-corrected chi connectivity index (χ3v) is 7.65. The molecule has 0 aromatic heterocycles. The predicted molar refractivity (Wildman–Crippen MR) is 141 cm³/mol. The molecule has 1 aliphatic rings. The van der Waals surface area contributed by atoms with Crippen LogP contribution in [0.5, 0.6) is 0 Å². The first-order valence-electron chi connectivity index (χ1n) is 12.1. The summed E-state index contributed by atoms with van der Waals surface area (Å²) in [6.45, 7) is 6.97. The Morgan fingerprint density at radius 2 is 1.84 bits per heavy atom. The van der Waals surface area contributed by atoms with E-state index < -0.39 is 61.4 Å². The van der Waals surface area contributed by atoms with Crippen molar-refractivity contribution in [3.63, 3.8) is 0 Å². The summed E-state index contributed by atoms with van der Waals surface area (Å²) in [5.74, 6) is -3.37. The largest absolute Gasteiger partial charge is 0.444 e. The van der Waals surface area contributed by atoms with Gasteiger partial charge in [0.2, 0.25) is 0 Å². The van der Waals surface area contributed by atoms with Gasteiger partial charge in [-0.05, 0) is 57.0 Å². The molecule has 3 amide bonds. The van der Waals surface area contributed by atoms with E-state index in [9.17, 15) is 22.8 Å². The Labute approximate surface area is 226 Å². The molecule has 38 heavy (non-hydrogen) atoms. The summed E-state index contributed by atoms with van der Waals surface area (Å²) in [6, 6.07) is 6.78. The molecule has 1 aliphatic heterocycles. The second-order valence-corrected chi connectivity index (χ2v) is 12.4. The quantitative estimate of drug-likeness (QED) is 0.483. The van der Waals surface area contributed by atoms with E-state index >= 15 is 4.39 Å². The van der Waals surface area contributed by atoms with Crippen LogP contribution >= 0.6 is 11.6 Å². The summed E-state index contributed by atoms with van der Waals surface area (Å²) < 4.78 is 47.0. The van der Waals surface area contributed by atoms with E-state index in [1.165, 1.54) is 0 Å². The van der Waals surface area contributed by atoms with Crippen LogP contribution in [-0.2, 0) is 25.9 Å². The van der Waals surface area contributed by atoms with Crippen molar-refractivity contribution in [3.05, 3.63) is 58.4 Å². The predicted octanol–water partition coefficient (Wildman–Crippen LogP) is 4.22. The molecular formula is C26H31ClFN3O6S. The Morgan fingerprint density at radius 3 is 2.45 bits per heavy atom. The maximum atomic E-state index is 15.1. The van der Waals surface area contributed by atoms with E-state index in [4.69, 9.17) is 16.3 Å². The zero-order chi connectivity index (χ0) is 28.3. The maximum Gasteiger partial charge on any atom is 0.408 e. The molecule has 0 saturated carbocycles. The van der Waals surface area contributed by atoms with Gasteiger partial charge in [0.05, 0.1) is 28.4 Å². The van der Waals surface area contributed by atoms with Crippen LogP contribution in [0.15, 0.2) is 41.3 Å². The van der Waals surface area contributed by atoms with Crippen LogP contribution in [0.1, 0.15) is 56.5 Å². The van der Waals surface area contributed by atoms with E-state index in [0.717, 1.165) is 23.5 Å². The molecule has 9 nitrogen and oxygen atoms in total. The standard InChI is InChI=1S/C26H31ClFN3O6S/c1-5-6-11-29-23(32)18-12-21-22(13-19(18)28)38(35,36)15-20(30-25(34)37-26(2,3)4)24(33)31(21)14-16-7-9-17(27)10-8-16/h7-10,12-13,20H,5-6,11,14-15H2,1-4H3,(H,29,32)(H,30,34)/t20-/m0/s1. The minimum atomic E-state index is -4.29. The Hall–Kier alpha value is -3.18. The molecule has 0 bridgehead atoms. The second-order valence-electron chi connectivity index (χ2n) is 9.94. The lowest BCUT2D eigenvalue weighted by molar-refractivity contribution is -0.120. The normalized spacial score (nSPS) is 16.8. The average Bonchev–Trinajstić information content (AvgIpc) is 2.87. The zero-order valence-corrected chi connectivity index (χ0v) is 23.2. The van der Waals surface area contributed by atoms with Crippen molar-refractivity contribution >= 4 is 45.0 Å². The minimum Gasteiger partial charge on any atom is -0.444 e. The number of carbonyl (C=O) groups is 3. The number of benzene rings is 2. The SMILES string of the molecule is CCCCNC(=O)c1cc2c(cc1F)S(=O)(=O)C[C@H](NC(=O)OC(C)(C)C)C(=O)N2Cc1ccc(Cl)cc1. The summed E-state index contributed by atoms with van der Waals surface area (Å²) in [4.78, 5) is 39.5. The highest BCUT2D eigenvalue weighted by Crippen LogP contribution is 2.34. The van der Waals surface area contributed by atoms with E-state index in [2.05, 4.69) is 10.6 Å². The van der Waals surface area contributed by atoms with Crippen LogP contribution in [0.2, 0.25) is 5.02 Å². The Kier molecular flexibility index (Phi) is 9.04. The molecule has 2 aromatic carbocycles. The number of anilines is 1. The third kappa shape index (κ3) is 7.22. The van der Waals surface area contributed by atoms with Gasteiger partial charge in [-0.2, -0.15) is 0 Å². The number of halogens is 2. The van der Waals surface area contributed by atoms with Gasteiger partial charge in [0.1, 0.15) is 17.5 Å². The molecule has 3 rings (SSSR count). The molecule has 0 aliphatic carbocycles. The average molecular weight is 568 g/mol. The number of ether oxygens (including phenoxy) is 1. The molecule has 0 saturated heterocycles.